The van der Waals surface area contributed by atoms with Crippen molar-refractivity contribution in [2.24, 2.45) is 23.0 Å². The molecular formula is C17H34N2. The van der Waals surface area contributed by atoms with E-state index in [9.17, 15) is 0 Å². The lowest BCUT2D eigenvalue weighted by atomic mass is 9.76. The third-order valence-electron chi connectivity index (χ3n) is 4.99. The number of hydrogen-bond acceptors (Lipinski definition) is 2. The first-order valence-corrected chi connectivity index (χ1v) is 8.45. The molecule has 0 spiro atoms. The van der Waals surface area contributed by atoms with Crippen molar-refractivity contribution in [2.75, 3.05) is 19.6 Å². The van der Waals surface area contributed by atoms with Gasteiger partial charge in [0.1, 0.15) is 0 Å². The van der Waals surface area contributed by atoms with E-state index >= 15 is 0 Å². The van der Waals surface area contributed by atoms with Crippen LogP contribution < -0.4 is 5.73 Å². The van der Waals surface area contributed by atoms with E-state index in [-0.39, 0.29) is 0 Å². The molecule has 0 aromatic carbocycles. The molecule has 1 unspecified atom stereocenters. The fraction of sp³-hybridized carbons (Fsp3) is 1.00. The van der Waals surface area contributed by atoms with Crippen LogP contribution in [-0.4, -0.2) is 30.6 Å². The first kappa shape index (κ1) is 15.3. The highest BCUT2D eigenvalue weighted by Crippen LogP contribution is 2.36. The van der Waals surface area contributed by atoms with E-state index in [4.69, 9.17) is 5.73 Å². The molecule has 2 saturated carbocycles. The molecule has 0 aromatic heterocycles. The van der Waals surface area contributed by atoms with Gasteiger partial charge in [-0.1, -0.05) is 20.8 Å². The molecule has 1 atom stereocenters. The third kappa shape index (κ3) is 5.43. The Morgan fingerprint density at radius 1 is 1.11 bits per heavy atom. The SMILES string of the molecule is CC(C)(C)C(CCN)CCCN(CC1CC1)C1CC1. The Hall–Kier alpha value is -0.0800. The van der Waals surface area contributed by atoms with Gasteiger partial charge in [0.2, 0.25) is 0 Å². The van der Waals surface area contributed by atoms with Crippen molar-refractivity contribution in [3.8, 4) is 0 Å². The van der Waals surface area contributed by atoms with Crippen molar-refractivity contribution in [2.45, 2.75) is 71.8 Å². The second-order valence-corrected chi connectivity index (χ2v) is 7.95. The molecule has 2 aliphatic rings. The summed E-state index contributed by atoms with van der Waals surface area (Å²) in [5.74, 6) is 1.84. The third-order valence-corrected chi connectivity index (χ3v) is 4.99. The highest BCUT2D eigenvalue weighted by molar-refractivity contribution is 4.88. The highest BCUT2D eigenvalue weighted by Gasteiger charge is 2.33. The molecule has 0 aromatic rings. The normalized spacial score (nSPS) is 21.9. The van der Waals surface area contributed by atoms with Crippen molar-refractivity contribution in [3.63, 3.8) is 0 Å². The minimum Gasteiger partial charge on any atom is -0.330 e. The standard InChI is InChI=1S/C17H34N2/c1-17(2,3)15(10-11-18)5-4-12-19(16-8-9-16)13-14-6-7-14/h14-16H,4-13,18H2,1-3H3. The van der Waals surface area contributed by atoms with Crippen molar-refractivity contribution < 1.29 is 0 Å². The van der Waals surface area contributed by atoms with Crippen LogP contribution in [0.15, 0.2) is 0 Å². The molecule has 2 rings (SSSR count). The maximum atomic E-state index is 5.78. The number of nitrogens with two attached hydrogens (primary N) is 1. The van der Waals surface area contributed by atoms with Crippen molar-refractivity contribution in [1.82, 2.24) is 4.90 Å². The zero-order valence-electron chi connectivity index (χ0n) is 13.3. The first-order chi connectivity index (χ1) is 9.00. The van der Waals surface area contributed by atoms with Gasteiger partial charge in [-0.2, -0.15) is 0 Å². The molecule has 19 heavy (non-hydrogen) atoms. The Balaban J connectivity index is 1.69. The van der Waals surface area contributed by atoms with Gasteiger partial charge >= 0.3 is 0 Å². The molecule has 0 heterocycles. The molecule has 0 radical (unpaired) electrons. The summed E-state index contributed by atoms with van der Waals surface area (Å²) in [6, 6.07) is 0.947. The van der Waals surface area contributed by atoms with Crippen LogP contribution in [0.2, 0.25) is 0 Å². The van der Waals surface area contributed by atoms with E-state index in [0.717, 1.165) is 24.4 Å². The largest absolute Gasteiger partial charge is 0.330 e. The van der Waals surface area contributed by atoms with Crippen molar-refractivity contribution in [1.29, 1.82) is 0 Å². The van der Waals surface area contributed by atoms with E-state index in [1.54, 1.807) is 0 Å². The molecule has 2 nitrogen and oxygen atoms in total. The van der Waals surface area contributed by atoms with Crippen LogP contribution >= 0.6 is 0 Å². The zero-order chi connectivity index (χ0) is 13.9. The zero-order valence-corrected chi connectivity index (χ0v) is 13.3. The smallest absolute Gasteiger partial charge is 0.00965 e. The van der Waals surface area contributed by atoms with Gasteiger partial charge in [-0.3, -0.25) is 0 Å². The van der Waals surface area contributed by atoms with E-state index < -0.39 is 0 Å². The summed E-state index contributed by atoms with van der Waals surface area (Å²) in [4.78, 5) is 2.79. The summed E-state index contributed by atoms with van der Waals surface area (Å²) < 4.78 is 0. The number of hydrogen-bond donors (Lipinski definition) is 1. The predicted molar refractivity (Wildman–Crippen MR) is 83.2 cm³/mol. The van der Waals surface area contributed by atoms with Gasteiger partial charge in [0.15, 0.2) is 0 Å². The molecule has 0 aliphatic heterocycles. The summed E-state index contributed by atoms with van der Waals surface area (Å²) in [6.45, 7) is 10.7. The van der Waals surface area contributed by atoms with Crippen LogP contribution in [0, 0.1) is 17.3 Å². The summed E-state index contributed by atoms with van der Waals surface area (Å²) in [5, 5.41) is 0. The molecule has 112 valence electrons. The quantitative estimate of drug-likeness (QED) is 0.690. The molecule has 0 bridgehead atoms. The summed E-state index contributed by atoms with van der Waals surface area (Å²) in [6.07, 6.45) is 9.80. The van der Waals surface area contributed by atoms with Crippen LogP contribution in [-0.2, 0) is 0 Å². The van der Waals surface area contributed by atoms with Crippen LogP contribution in [0.1, 0.15) is 65.7 Å². The molecule has 2 N–H and O–H groups in total. The predicted octanol–water partition coefficient (Wildman–Crippen LogP) is 3.65. The van der Waals surface area contributed by atoms with E-state index in [1.807, 2.05) is 0 Å². The monoisotopic (exact) mass is 266 g/mol. The van der Waals surface area contributed by atoms with E-state index in [0.29, 0.717) is 5.41 Å². The van der Waals surface area contributed by atoms with Gasteiger partial charge < -0.3 is 10.6 Å². The van der Waals surface area contributed by atoms with Crippen LogP contribution in [0.5, 0.6) is 0 Å². The second kappa shape index (κ2) is 6.58. The molecule has 2 heteroatoms. The average Bonchev–Trinajstić information content (AvgIpc) is 3.17. The van der Waals surface area contributed by atoms with Gasteiger partial charge in [-0.25, -0.2) is 0 Å². The van der Waals surface area contributed by atoms with Gasteiger partial charge in [-0.05, 0) is 75.3 Å². The summed E-state index contributed by atoms with van der Waals surface area (Å²) in [5.41, 5.74) is 6.20. The fourth-order valence-electron chi connectivity index (χ4n) is 3.25. The number of nitrogens with zero attached hydrogens (tertiary/aromatic N) is 1. The molecule has 2 fully saturated rings. The first-order valence-electron chi connectivity index (χ1n) is 8.45. The molecule has 0 saturated heterocycles. The average molecular weight is 266 g/mol. The summed E-state index contributed by atoms with van der Waals surface area (Å²) in [7, 11) is 0. The molecule has 0 amide bonds. The Bertz CT molecular complexity index is 261. The highest BCUT2D eigenvalue weighted by atomic mass is 15.2. The Kier molecular flexibility index (Phi) is 5.30. The minimum atomic E-state index is 0.417. The van der Waals surface area contributed by atoms with Gasteiger partial charge in [-0.15, -0.1) is 0 Å². The Labute approximate surface area is 120 Å². The Morgan fingerprint density at radius 3 is 2.26 bits per heavy atom. The minimum absolute atomic E-state index is 0.417. The molecular weight excluding hydrogens is 232 g/mol. The maximum absolute atomic E-state index is 5.78. The van der Waals surface area contributed by atoms with Gasteiger partial charge in [0.25, 0.3) is 0 Å². The lowest BCUT2D eigenvalue weighted by molar-refractivity contribution is 0.188. The lowest BCUT2D eigenvalue weighted by Crippen LogP contribution is -2.31. The number of rotatable bonds is 9. The molecule has 2 aliphatic carbocycles. The second-order valence-electron chi connectivity index (χ2n) is 7.95. The van der Waals surface area contributed by atoms with E-state index in [1.165, 1.54) is 58.0 Å². The Morgan fingerprint density at radius 2 is 1.79 bits per heavy atom. The van der Waals surface area contributed by atoms with Gasteiger partial charge in [0.05, 0.1) is 0 Å². The summed E-state index contributed by atoms with van der Waals surface area (Å²) >= 11 is 0. The lowest BCUT2D eigenvalue weighted by Gasteiger charge is -2.31. The van der Waals surface area contributed by atoms with Crippen LogP contribution in [0.4, 0.5) is 0 Å². The fourth-order valence-corrected chi connectivity index (χ4v) is 3.25. The van der Waals surface area contributed by atoms with Crippen molar-refractivity contribution in [3.05, 3.63) is 0 Å². The van der Waals surface area contributed by atoms with Crippen LogP contribution in [0.25, 0.3) is 0 Å². The van der Waals surface area contributed by atoms with Crippen molar-refractivity contribution >= 4 is 0 Å². The van der Waals surface area contributed by atoms with Crippen LogP contribution in [0.3, 0.4) is 0 Å². The maximum Gasteiger partial charge on any atom is 0.00965 e. The topological polar surface area (TPSA) is 29.3 Å². The van der Waals surface area contributed by atoms with Gasteiger partial charge in [0, 0.05) is 12.6 Å². The van der Waals surface area contributed by atoms with E-state index in [2.05, 4.69) is 25.7 Å².